The third-order valence-electron chi connectivity index (χ3n) is 5.07. The zero-order chi connectivity index (χ0) is 21.0. The summed E-state index contributed by atoms with van der Waals surface area (Å²) in [6.07, 6.45) is 3.97. The fourth-order valence-corrected chi connectivity index (χ4v) is 4.42. The van der Waals surface area contributed by atoms with Gasteiger partial charge in [0.05, 0.1) is 23.0 Å². The second-order valence-corrected chi connectivity index (χ2v) is 8.35. The first kappa shape index (κ1) is 19.3. The van der Waals surface area contributed by atoms with Crippen molar-refractivity contribution >= 4 is 43.8 Å². The van der Waals surface area contributed by atoms with Crippen LogP contribution in [0, 0.1) is 6.92 Å². The Hall–Kier alpha value is -3.64. The van der Waals surface area contributed by atoms with Gasteiger partial charge in [0.15, 0.2) is 0 Å². The molecule has 0 unspecified atom stereocenters. The molecular formula is C25H22N4OS. The molecule has 0 radical (unpaired) electrons. The molecule has 0 fully saturated rings. The molecule has 0 amide bonds. The minimum Gasteiger partial charge on any atom is -0.492 e. The van der Waals surface area contributed by atoms with Crippen LogP contribution >= 0.6 is 11.3 Å². The first-order chi connectivity index (χ1) is 15.3. The summed E-state index contributed by atoms with van der Waals surface area (Å²) >= 11 is 1.59. The summed E-state index contributed by atoms with van der Waals surface area (Å²) in [5.41, 5.74) is 7.47. The molecule has 5 aromatic rings. The number of hydrazone groups is 1. The summed E-state index contributed by atoms with van der Waals surface area (Å²) in [7, 11) is 0. The SMILES string of the molecule is Cc1cccc(OCCn2cc(/C=N/Nc3nc4ccccc4s3)c3ccccc32)c1. The maximum Gasteiger partial charge on any atom is 0.204 e. The van der Waals surface area contributed by atoms with E-state index in [0.717, 1.165) is 44.1 Å². The van der Waals surface area contributed by atoms with Crippen LogP contribution in [0.3, 0.4) is 0 Å². The normalized spacial score (nSPS) is 11.5. The van der Waals surface area contributed by atoms with Crippen molar-refractivity contribution in [3.05, 3.63) is 90.1 Å². The Morgan fingerprint density at radius 2 is 1.94 bits per heavy atom. The molecular weight excluding hydrogens is 404 g/mol. The standard InChI is InChI=1S/C25H22N4OS/c1-18-7-6-8-20(15-18)30-14-13-29-17-19(21-9-2-4-11-23(21)29)16-26-28-25-27-22-10-3-5-12-24(22)31-25/h2-12,15-17H,13-14H2,1H3,(H,27,28)/b26-16+. The third kappa shape index (κ3) is 4.29. The molecule has 31 heavy (non-hydrogen) atoms. The molecule has 1 N–H and O–H groups in total. The van der Waals surface area contributed by atoms with Crippen LogP contribution < -0.4 is 10.2 Å². The van der Waals surface area contributed by atoms with E-state index in [1.165, 1.54) is 5.56 Å². The number of aryl methyl sites for hydroxylation is 1. The molecule has 0 aliphatic rings. The summed E-state index contributed by atoms with van der Waals surface area (Å²) in [5.74, 6) is 0.901. The lowest BCUT2D eigenvalue weighted by Crippen LogP contribution is -2.07. The molecule has 5 rings (SSSR count). The highest BCUT2D eigenvalue weighted by Gasteiger charge is 2.07. The largest absolute Gasteiger partial charge is 0.492 e. The zero-order valence-electron chi connectivity index (χ0n) is 17.2. The van der Waals surface area contributed by atoms with E-state index >= 15 is 0 Å². The molecule has 3 aromatic carbocycles. The van der Waals surface area contributed by atoms with Gasteiger partial charge in [0.25, 0.3) is 0 Å². The van der Waals surface area contributed by atoms with Crippen LogP contribution in [0.1, 0.15) is 11.1 Å². The number of benzene rings is 3. The number of hydrogen-bond acceptors (Lipinski definition) is 5. The molecule has 5 nitrogen and oxygen atoms in total. The van der Waals surface area contributed by atoms with Crippen LogP contribution in [0.4, 0.5) is 5.13 Å². The predicted octanol–water partition coefficient (Wildman–Crippen LogP) is 6.08. The van der Waals surface area contributed by atoms with E-state index in [9.17, 15) is 0 Å². The Labute approximate surface area is 184 Å². The summed E-state index contributed by atoms with van der Waals surface area (Å²) in [5, 5.41) is 6.38. The van der Waals surface area contributed by atoms with Crippen molar-refractivity contribution in [2.75, 3.05) is 12.0 Å². The van der Waals surface area contributed by atoms with Crippen molar-refractivity contribution in [3.8, 4) is 5.75 Å². The fraction of sp³-hybridized carbons (Fsp3) is 0.120. The molecule has 0 atom stereocenters. The van der Waals surface area contributed by atoms with E-state index in [1.807, 2.05) is 42.6 Å². The van der Waals surface area contributed by atoms with Crippen LogP contribution in [-0.4, -0.2) is 22.4 Å². The highest BCUT2D eigenvalue weighted by atomic mass is 32.1. The Balaban J connectivity index is 1.31. The number of rotatable bonds is 7. The lowest BCUT2D eigenvalue weighted by atomic mass is 10.2. The maximum atomic E-state index is 5.94. The van der Waals surface area contributed by atoms with Crippen LogP contribution in [0.15, 0.2) is 84.1 Å². The van der Waals surface area contributed by atoms with Crippen molar-refractivity contribution in [2.24, 2.45) is 5.10 Å². The van der Waals surface area contributed by atoms with Gasteiger partial charge in [-0.25, -0.2) is 4.98 Å². The van der Waals surface area contributed by atoms with E-state index in [1.54, 1.807) is 11.3 Å². The summed E-state index contributed by atoms with van der Waals surface area (Å²) in [6.45, 7) is 3.43. The first-order valence-corrected chi connectivity index (χ1v) is 11.0. The fourth-order valence-electron chi connectivity index (χ4n) is 3.61. The van der Waals surface area contributed by atoms with Crippen LogP contribution in [-0.2, 0) is 6.54 Å². The van der Waals surface area contributed by atoms with Crippen molar-refractivity contribution < 1.29 is 4.74 Å². The Morgan fingerprint density at radius 1 is 1.06 bits per heavy atom. The molecule has 154 valence electrons. The number of thiazole rings is 1. The van der Waals surface area contributed by atoms with Crippen molar-refractivity contribution in [2.45, 2.75) is 13.5 Å². The van der Waals surface area contributed by atoms with Gasteiger partial charge in [0.1, 0.15) is 12.4 Å². The number of nitrogens with one attached hydrogen (secondary N) is 1. The zero-order valence-corrected chi connectivity index (χ0v) is 18.0. The molecule has 0 bridgehead atoms. The van der Waals surface area contributed by atoms with Gasteiger partial charge in [-0.1, -0.05) is 53.8 Å². The van der Waals surface area contributed by atoms with Crippen LogP contribution in [0.25, 0.3) is 21.1 Å². The Bertz CT molecular complexity index is 1340. The minimum absolute atomic E-state index is 0.600. The monoisotopic (exact) mass is 426 g/mol. The Kier molecular flexibility index (Phi) is 5.37. The molecule has 2 aromatic heterocycles. The lowest BCUT2D eigenvalue weighted by molar-refractivity contribution is 0.300. The minimum atomic E-state index is 0.600. The second kappa shape index (κ2) is 8.62. The molecule has 6 heteroatoms. The van der Waals surface area contributed by atoms with Gasteiger partial charge in [-0.15, -0.1) is 0 Å². The number of hydrogen-bond donors (Lipinski definition) is 1. The topological polar surface area (TPSA) is 51.4 Å². The predicted molar refractivity (Wildman–Crippen MR) is 129 cm³/mol. The quantitative estimate of drug-likeness (QED) is 0.253. The average Bonchev–Trinajstić information content (AvgIpc) is 3.35. The van der Waals surface area contributed by atoms with Gasteiger partial charge in [0, 0.05) is 22.7 Å². The van der Waals surface area contributed by atoms with Gasteiger partial charge in [-0.2, -0.15) is 5.10 Å². The number of ether oxygens (including phenoxy) is 1. The number of nitrogens with zero attached hydrogens (tertiary/aromatic N) is 3. The van der Waals surface area contributed by atoms with E-state index < -0.39 is 0 Å². The maximum absolute atomic E-state index is 5.94. The van der Waals surface area contributed by atoms with Crippen LogP contribution in [0.5, 0.6) is 5.75 Å². The lowest BCUT2D eigenvalue weighted by Gasteiger charge is -2.08. The van der Waals surface area contributed by atoms with Gasteiger partial charge >= 0.3 is 0 Å². The van der Waals surface area contributed by atoms with E-state index in [4.69, 9.17) is 4.74 Å². The van der Waals surface area contributed by atoms with Crippen molar-refractivity contribution in [1.82, 2.24) is 9.55 Å². The van der Waals surface area contributed by atoms with Gasteiger partial charge in [-0.05, 0) is 42.8 Å². The number of aromatic nitrogens is 2. The average molecular weight is 427 g/mol. The molecule has 0 saturated heterocycles. The molecule has 0 saturated carbocycles. The van der Waals surface area contributed by atoms with Crippen molar-refractivity contribution in [3.63, 3.8) is 0 Å². The highest BCUT2D eigenvalue weighted by molar-refractivity contribution is 7.22. The number of anilines is 1. The van der Waals surface area contributed by atoms with E-state index in [-0.39, 0.29) is 0 Å². The van der Waals surface area contributed by atoms with Gasteiger partial charge < -0.3 is 9.30 Å². The molecule has 2 heterocycles. The van der Waals surface area contributed by atoms with Crippen molar-refractivity contribution in [1.29, 1.82) is 0 Å². The van der Waals surface area contributed by atoms with Crippen LogP contribution in [0.2, 0.25) is 0 Å². The summed E-state index contributed by atoms with van der Waals surface area (Å²) in [6, 6.07) is 24.6. The molecule has 0 aliphatic heterocycles. The van der Waals surface area contributed by atoms with Gasteiger partial charge in [-0.3, -0.25) is 5.43 Å². The Morgan fingerprint density at radius 3 is 2.84 bits per heavy atom. The van der Waals surface area contributed by atoms with E-state index in [2.05, 4.69) is 69.6 Å². The van der Waals surface area contributed by atoms with E-state index in [0.29, 0.717) is 6.61 Å². The highest BCUT2D eigenvalue weighted by Crippen LogP contribution is 2.25. The second-order valence-electron chi connectivity index (χ2n) is 7.32. The molecule has 0 aliphatic carbocycles. The number of fused-ring (bicyclic) bond motifs is 2. The summed E-state index contributed by atoms with van der Waals surface area (Å²) < 4.78 is 9.30. The third-order valence-corrected chi connectivity index (χ3v) is 6.01. The first-order valence-electron chi connectivity index (χ1n) is 10.2. The molecule has 0 spiro atoms. The smallest absolute Gasteiger partial charge is 0.204 e. The summed E-state index contributed by atoms with van der Waals surface area (Å²) in [4.78, 5) is 4.56. The number of para-hydroxylation sites is 2. The van der Waals surface area contributed by atoms with Gasteiger partial charge in [0.2, 0.25) is 5.13 Å².